The van der Waals surface area contributed by atoms with Crippen molar-refractivity contribution in [2.24, 2.45) is 0 Å². The van der Waals surface area contributed by atoms with Gasteiger partial charge in [0, 0.05) is 10.8 Å². The number of rotatable bonds is 9. The lowest BCUT2D eigenvalue weighted by Gasteiger charge is -2.26. The number of benzene rings is 2. The van der Waals surface area contributed by atoms with E-state index in [1.165, 1.54) is 64.6 Å². The number of para-hydroxylation sites is 1. The lowest BCUT2D eigenvalue weighted by Crippen LogP contribution is -2.30. The van der Waals surface area contributed by atoms with E-state index in [1.807, 2.05) is 24.3 Å². The number of piperidine rings is 1. The van der Waals surface area contributed by atoms with E-state index in [0.717, 1.165) is 40.7 Å². The molecule has 1 aliphatic heterocycles. The minimum absolute atomic E-state index is 0.799. The maximum atomic E-state index is 5.98. The predicted molar refractivity (Wildman–Crippen MR) is 113 cm³/mol. The second-order valence-corrected chi connectivity index (χ2v) is 7.77. The van der Waals surface area contributed by atoms with Crippen molar-refractivity contribution in [1.29, 1.82) is 0 Å². The van der Waals surface area contributed by atoms with E-state index >= 15 is 0 Å². The van der Waals surface area contributed by atoms with Crippen LogP contribution in [0.1, 0.15) is 51.4 Å². The fourth-order valence-electron chi connectivity index (χ4n) is 4.14. The van der Waals surface area contributed by atoms with Crippen molar-refractivity contribution < 1.29 is 9.15 Å². The molecular formula is C24H31NO2. The molecule has 1 aliphatic rings. The molecular weight excluding hydrogens is 334 g/mol. The molecule has 1 saturated heterocycles. The third-order valence-corrected chi connectivity index (χ3v) is 5.68. The molecule has 2 aromatic carbocycles. The van der Waals surface area contributed by atoms with E-state index in [-0.39, 0.29) is 0 Å². The Hall–Kier alpha value is -2.00. The zero-order valence-corrected chi connectivity index (χ0v) is 16.3. The first kappa shape index (κ1) is 18.4. The second-order valence-electron chi connectivity index (χ2n) is 7.77. The van der Waals surface area contributed by atoms with Crippen LogP contribution in [-0.2, 0) is 0 Å². The molecule has 3 heteroatoms. The Morgan fingerprint density at radius 1 is 0.778 bits per heavy atom. The van der Waals surface area contributed by atoms with Crippen molar-refractivity contribution >= 4 is 21.9 Å². The van der Waals surface area contributed by atoms with Crippen LogP contribution in [0.3, 0.4) is 0 Å². The number of hydrogen-bond donors (Lipinski definition) is 0. The summed E-state index contributed by atoms with van der Waals surface area (Å²) in [6, 6.07) is 14.3. The Bertz CT molecular complexity index is 848. The van der Waals surface area contributed by atoms with E-state index in [1.54, 1.807) is 0 Å². The first-order valence-electron chi connectivity index (χ1n) is 10.7. The number of likely N-dealkylation sites (tertiary alicyclic amines) is 1. The highest BCUT2D eigenvalue weighted by atomic mass is 16.5. The first-order chi connectivity index (χ1) is 13.4. The maximum absolute atomic E-state index is 5.98. The number of unbranched alkanes of at least 4 members (excludes halogenated alkanes) is 4. The van der Waals surface area contributed by atoms with E-state index in [4.69, 9.17) is 9.15 Å². The van der Waals surface area contributed by atoms with Crippen LogP contribution in [0.25, 0.3) is 21.9 Å². The Morgan fingerprint density at radius 3 is 2.48 bits per heavy atom. The molecule has 144 valence electrons. The summed E-state index contributed by atoms with van der Waals surface area (Å²) in [5.74, 6) is 0.944. The third kappa shape index (κ3) is 4.84. The summed E-state index contributed by atoms with van der Waals surface area (Å²) in [7, 11) is 0. The zero-order valence-electron chi connectivity index (χ0n) is 16.3. The molecule has 0 amide bonds. The summed E-state index contributed by atoms with van der Waals surface area (Å²) in [6.45, 7) is 4.75. The highest BCUT2D eigenvalue weighted by Crippen LogP contribution is 2.31. The van der Waals surface area contributed by atoms with Crippen molar-refractivity contribution in [1.82, 2.24) is 4.90 Å². The van der Waals surface area contributed by atoms with Gasteiger partial charge in [-0.3, -0.25) is 0 Å². The number of hydrogen-bond acceptors (Lipinski definition) is 3. The molecule has 27 heavy (non-hydrogen) atoms. The normalized spacial score (nSPS) is 15.6. The Labute approximate surface area is 162 Å². The molecule has 0 atom stereocenters. The molecule has 3 aromatic rings. The Morgan fingerprint density at radius 2 is 1.56 bits per heavy atom. The SMILES string of the molecule is c1ccc2c(c1)oc1ccc(OCCCCCCCN3CCCCC3)cc12. The lowest BCUT2D eigenvalue weighted by molar-refractivity contribution is 0.223. The summed E-state index contributed by atoms with van der Waals surface area (Å²) in [6.07, 6.45) is 10.7. The van der Waals surface area contributed by atoms with Gasteiger partial charge in [-0.2, -0.15) is 0 Å². The minimum atomic E-state index is 0.799. The maximum Gasteiger partial charge on any atom is 0.135 e. The standard InChI is InChI=1S/C24H31NO2/c1(2-7-15-25-16-8-4-9-17-25)3-10-18-26-20-13-14-24-22(19-20)21-11-5-6-12-23(21)27-24/h5-6,11-14,19H,1-4,7-10,15-18H2. The van der Waals surface area contributed by atoms with Gasteiger partial charge >= 0.3 is 0 Å². The van der Waals surface area contributed by atoms with Crippen LogP contribution in [0.2, 0.25) is 0 Å². The van der Waals surface area contributed by atoms with E-state index in [0.29, 0.717) is 0 Å². The van der Waals surface area contributed by atoms with Gasteiger partial charge in [-0.25, -0.2) is 0 Å². The molecule has 0 saturated carbocycles. The van der Waals surface area contributed by atoms with Crippen LogP contribution in [0.15, 0.2) is 46.9 Å². The summed E-state index contributed by atoms with van der Waals surface area (Å²) >= 11 is 0. The molecule has 0 bridgehead atoms. The fraction of sp³-hybridized carbons (Fsp3) is 0.500. The summed E-state index contributed by atoms with van der Waals surface area (Å²) in [5, 5.41) is 2.30. The van der Waals surface area contributed by atoms with Crippen LogP contribution in [0.4, 0.5) is 0 Å². The summed E-state index contributed by atoms with van der Waals surface area (Å²) in [4.78, 5) is 2.64. The number of furan rings is 1. The van der Waals surface area contributed by atoms with Crippen LogP contribution in [0.5, 0.6) is 5.75 Å². The van der Waals surface area contributed by atoms with Gasteiger partial charge in [0.05, 0.1) is 6.61 Å². The summed E-state index contributed by atoms with van der Waals surface area (Å²) in [5.41, 5.74) is 1.87. The first-order valence-corrected chi connectivity index (χ1v) is 10.7. The van der Waals surface area contributed by atoms with Gasteiger partial charge in [0.25, 0.3) is 0 Å². The highest BCUT2D eigenvalue weighted by Gasteiger charge is 2.09. The van der Waals surface area contributed by atoms with Crippen molar-refractivity contribution in [2.75, 3.05) is 26.2 Å². The number of ether oxygens (including phenoxy) is 1. The van der Waals surface area contributed by atoms with E-state index < -0.39 is 0 Å². The molecule has 1 fully saturated rings. The van der Waals surface area contributed by atoms with Crippen molar-refractivity contribution in [3.63, 3.8) is 0 Å². The second kappa shape index (κ2) is 9.27. The number of nitrogens with zero attached hydrogens (tertiary/aromatic N) is 1. The van der Waals surface area contributed by atoms with Crippen molar-refractivity contribution in [3.8, 4) is 5.75 Å². The Kier molecular flexibility index (Phi) is 6.31. The van der Waals surface area contributed by atoms with Gasteiger partial charge in [-0.1, -0.05) is 43.9 Å². The number of fused-ring (bicyclic) bond motifs is 3. The van der Waals surface area contributed by atoms with Crippen LogP contribution >= 0.6 is 0 Å². The van der Waals surface area contributed by atoms with Gasteiger partial charge in [0.15, 0.2) is 0 Å². The topological polar surface area (TPSA) is 25.6 Å². The smallest absolute Gasteiger partial charge is 0.135 e. The largest absolute Gasteiger partial charge is 0.494 e. The van der Waals surface area contributed by atoms with Crippen LogP contribution in [-0.4, -0.2) is 31.1 Å². The zero-order chi connectivity index (χ0) is 18.3. The Balaban J connectivity index is 1.15. The van der Waals surface area contributed by atoms with E-state index in [2.05, 4.69) is 23.1 Å². The van der Waals surface area contributed by atoms with Gasteiger partial charge in [0.1, 0.15) is 16.9 Å². The molecule has 0 N–H and O–H groups in total. The van der Waals surface area contributed by atoms with Gasteiger partial charge in [0.2, 0.25) is 0 Å². The molecule has 1 aromatic heterocycles. The van der Waals surface area contributed by atoms with Gasteiger partial charge < -0.3 is 14.1 Å². The molecule has 4 rings (SSSR count). The fourth-order valence-corrected chi connectivity index (χ4v) is 4.14. The molecule has 0 spiro atoms. The van der Waals surface area contributed by atoms with Crippen LogP contribution < -0.4 is 4.74 Å². The quantitative estimate of drug-likeness (QED) is 0.410. The van der Waals surface area contributed by atoms with E-state index in [9.17, 15) is 0 Å². The minimum Gasteiger partial charge on any atom is -0.494 e. The molecule has 2 heterocycles. The average molecular weight is 366 g/mol. The molecule has 0 unspecified atom stereocenters. The predicted octanol–water partition coefficient (Wildman–Crippen LogP) is 6.40. The molecule has 0 radical (unpaired) electrons. The molecule has 3 nitrogen and oxygen atoms in total. The third-order valence-electron chi connectivity index (χ3n) is 5.68. The van der Waals surface area contributed by atoms with Crippen molar-refractivity contribution in [3.05, 3.63) is 42.5 Å². The highest BCUT2D eigenvalue weighted by molar-refractivity contribution is 6.05. The van der Waals surface area contributed by atoms with Crippen molar-refractivity contribution in [2.45, 2.75) is 51.4 Å². The lowest BCUT2D eigenvalue weighted by atomic mass is 10.1. The monoisotopic (exact) mass is 365 g/mol. The van der Waals surface area contributed by atoms with Crippen LogP contribution in [0, 0.1) is 0 Å². The molecule has 0 aliphatic carbocycles. The van der Waals surface area contributed by atoms with Gasteiger partial charge in [-0.05, 0) is 69.6 Å². The summed E-state index contributed by atoms with van der Waals surface area (Å²) < 4.78 is 11.9. The average Bonchev–Trinajstić information content (AvgIpc) is 3.09. The van der Waals surface area contributed by atoms with Gasteiger partial charge in [-0.15, -0.1) is 0 Å².